The molecule has 0 aliphatic carbocycles. The smallest absolute Gasteiger partial charge is 0.115 e. The number of piperidine rings is 1. The normalized spacial score (nSPS) is 18.8. The van der Waals surface area contributed by atoms with E-state index >= 15 is 0 Å². The van der Waals surface area contributed by atoms with Gasteiger partial charge in [0.1, 0.15) is 5.75 Å². The van der Waals surface area contributed by atoms with Crippen LogP contribution in [0.5, 0.6) is 5.75 Å². The van der Waals surface area contributed by atoms with Gasteiger partial charge >= 0.3 is 0 Å². The number of hydrogen-bond acceptors (Lipinski definition) is 3. The lowest BCUT2D eigenvalue weighted by atomic mass is 10.0. The van der Waals surface area contributed by atoms with Gasteiger partial charge in [-0.15, -0.1) is 0 Å². The lowest BCUT2D eigenvalue weighted by Gasteiger charge is -2.38. The molecule has 0 bridgehead atoms. The van der Waals surface area contributed by atoms with E-state index in [0.717, 1.165) is 13.0 Å². The SMILES string of the molecule is Oc1ccc(CCN2CCC(N3CCc4ccccc43)CC2)cc1. The molecular formula is C21H26N2O. The summed E-state index contributed by atoms with van der Waals surface area (Å²) in [4.78, 5) is 5.23. The predicted molar refractivity (Wildman–Crippen MR) is 98.8 cm³/mol. The Hall–Kier alpha value is -2.00. The van der Waals surface area contributed by atoms with Crippen LogP contribution >= 0.6 is 0 Å². The van der Waals surface area contributed by atoms with E-state index in [1.165, 1.54) is 55.7 Å². The Balaban J connectivity index is 1.29. The Bertz CT molecular complexity index is 674. The molecule has 2 aliphatic rings. The topological polar surface area (TPSA) is 26.7 Å². The highest BCUT2D eigenvalue weighted by molar-refractivity contribution is 5.58. The average Bonchev–Trinajstić information content (AvgIpc) is 3.06. The number of fused-ring (bicyclic) bond motifs is 1. The van der Waals surface area contributed by atoms with E-state index in [9.17, 15) is 5.11 Å². The van der Waals surface area contributed by atoms with E-state index in [1.54, 1.807) is 12.1 Å². The molecule has 4 rings (SSSR count). The molecule has 1 N–H and O–H groups in total. The molecule has 0 unspecified atom stereocenters. The maximum absolute atomic E-state index is 9.36. The maximum atomic E-state index is 9.36. The molecule has 0 saturated carbocycles. The number of hydrogen-bond donors (Lipinski definition) is 1. The molecule has 126 valence electrons. The van der Waals surface area contributed by atoms with Gasteiger partial charge in [-0.2, -0.15) is 0 Å². The van der Waals surface area contributed by atoms with Gasteiger partial charge in [-0.25, -0.2) is 0 Å². The molecule has 2 aliphatic heterocycles. The number of aromatic hydroxyl groups is 1. The molecule has 3 nitrogen and oxygen atoms in total. The van der Waals surface area contributed by atoms with Gasteiger partial charge in [0.05, 0.1) is 0 Å². The van der Waals surface area contributed by atoms with Crippen molar-refractivity contribution >= 4 is 5.69 Å². The Morgan fingerprint density at radius 2 is 1.67 bits per heavy atom. The molecule has 24 heavy (non-hydrogen) atoms. The number of likely N-dealkylation sites (tertiary alicyclic amines) is 1. The second kappa shape index (κ2) is 6.86. The quantitative estimate of drug-likeness (QED) is 0.934. The largest absolute Gasteiger partial charge is 0.508 e. The van der Waals surface area contributed by atoms with Crippen molar-refractivity contribution in [2.24, 2.45) is 0 Å². The monoisotopic (exact) mass is 322 g/mol. The van der Waals surface area contributed by atoms with Gasteiger partial charge in [0.25, 0.3) is 0 Å². The summed E-state index contributed by atoms with van der Waals surface area (Å²) in [6.07, 6.45) is 4.81. The summed E-state index contributed by atoms with van der Waals surface area (Å²) in [5.41, 5.74) is 4.30. The highest BCUT2D eigenvalue weighted by Crippen LogP contribution is 2.32. The van der Waals surface area contributed by atoms with E-state index in [0.29, 0.717) is 11.8 Å². The van der Waals surface area contributed by atoms with Crippen LogP contribution in [0.2, 0.25) is 0 Å². The molecule has 2 aromatic rings. The van der Waals surface area contributed by atoms with Crippen LogP contribution in [0.4, 0.5) is 5.69 Å². The molecule has 2 heterocycles. The minimum atomic E-state index is 0.352. The summed E-state index contributed by atoms with van der Waals surface area (Å²) in [5.74, 6) is 0.352. The Morgan fingerprint density at radius 1 is 0.917 bits per heavy atom. The number of para-hydroxylation sites is 1. The minimum Gasteiger partial charge on any atom is -0.508 e. The Kier molecular flexibility index (Phi) is 4.44. The minimum absolute atomic E-state index is 0.352. The highest BCUT2D eigenvalue weighted by Gasteiger charge is 2.28. The van der Waals surface area contributed by atoms with Gasteiger partial charge in [0, 0.05) is 37.9 Å². The number of benzene rings is 2. The molecule has 1 saturated heterocycles. The van der Waals surface area contributed by atoms with Crippen LogP contribution < -0.4 is 4.90 Å². The van der Waals surface area contributed by atoms with Crippen LogP contribution in [0.15, 0.2) is 48.5 Å². The van der Waals surface area contributed by atoms with E-state index in [2.05, 4.69) is 34.1 Å². The van der Waals surface area contributed by atoms with E-state index < -0.39 is 0 Å². The third-order valence-electron chi connectivity index (χ3n) is 5.57. The zero-order valence-electron chi connectivity index (χ0n) is 14.2. The van der Waals surface area contributed by atoms with Crippen molar-refractivity contribution in [1.82, 2.24) is 4.90 Å². The number of phenols is 1. The number of nitrogens with zero attached hydrogens (tertiary/aromatic N) is 2. The van der Waals surface area contributed by atoms with Crippen molar-refractivity contribution in [3.8, 4) is 5.75 Å². The predicted octanol–water partition coefficient (Wildman–Crippen LogP) is 3.46. The molecule has 0 spiro atoms. The number of anilines is 1. The van der Waals surface area contributed by atoms with E-state index in [4.69, 9.17) is 0 Å². The average molecular weight is 322 g/mol. The fourth-order valence-corrected chi connectivity index (χ4v) is 4.15. The van der Waals surface area contributed by atoms with E-state index in [1.807, 2.05) is 12.1 Å². The van der Waals surface area contributed by atoms with Crippen LogP contribution in [0.1, 0.15) is 24.0 Å². The van der Waals surface area contributed by atoms with Crippen LogP contribution in [0.3, 0.4) is 0 Å². The van der Waals surface area contributed by atoms with Crippen LogP contribution in [-0.2, 0) is 12.8 Å². The fourth-order valence-electron chi connectivity index (χ4n) is 4.15. The standard InChI is InChI=1S/C21H26N2O/c24-20-7-5-17(6-8-20)9-13-22-14-11-19(12-15-22)23-16-10-18-3-1-2-4-21(18)23/h1-8,19,24H,9-16H2. The first kappa shape index (κ1) is 15.5. The summed E-state index contributed by atoms with van der Waals surface area (Å²) in [6.45, 7) is 4.70. The third-order valence-corrected chi connectivity index (χ3v) is 5.57. The number of rotatable bonds is 4. The van der Waals surface area contributed by atoms with Crippen molar-refractivity contribution < 1.29 is 5.11 Å². The molecule has 1 fully saturated rings. The first-order valence-electron chi connectivity index (χ1n) is 9.14. The third kappa shape index (κ3) is 3.27. The second-order valence-corrected chi connectivity index (χ2v) is 7.06. The lowest BCUT2D eigenvalue weighted by molar-refractivity contribution is 0.212. The highest BCUT2D eigenvalue weighted by atomic mass is 16.3. The van der Waals surface area contributed by atoms with Gasteiger partial charge < -0.3 is 14.9 Å². The van der Waals surface area contributed by atoms with Crippen LogP contribution in [0, 0.1) is 0 Å². The van der Waals surface area contributed by atoms with Crippen LogP contribution in [0.25, 0.3) is 0 Å². The molecule has 0 amide bonds. The first-order valence-corrected chi connectivity index (χ1v) is 9.14. The van der Waals surface area contributed by atoms with Crippen molar-refractivity contribution in [2.45, 2.75) is 31.7 Å². The van der Waals surface area contributed by atoms with Crippen molar-refractivity contribution in [2.75, 3.05) is 31.1 Å². The summed E-state index contributed by atoms with van der Waals surface area (Å²) >= 11 is 0. The molecule has 2 aromatic carbocycles. The zero-order chi connectivity index (χ0) is 16.4. The maximum Gasteiger partial charge on any atom is 0.115 e. The molecule has 0 radical (unpaired) electrons. The van der Waals surface area contributed by atoms with Crippen LogP contribution in [-0.4, -0.2) is 42.2 Å². The molecule has 0 aromatic heterocycles. The van der Waals surface area contributed by atoms with Gasteiger partial charge in [-0.05, 0) is 55.0 Å². The summed E-state index contributed by atoms with van der Waals surface area (Å²) in [5, 5.41) is 9.36. The summed E-state index contributed by atoms with van der Waals surface area (Å²) in [7, 11) is 0. The molecule has 3 heteroatoms. The Morgan fingerprint density at radius 3 is 2.46 bits per heavy atom. The summed E-state index contributed by atoms with van der Waals surface area (Å²) < 4.78 is 0. The van der Waals surface area contributed by atoms with Gasteiger partial charge in [0.2, 0.25) is 0 Å². The van der Waals surface area contributed by atoms with Crippen molar-refractivity contribution in [3.63, 3.8) is 0 Å². The van der Waals surface area contributed by atoms with E-state index in [-0.39, 0.29) is 0 Å². The van der Waals surface area contributed by atoms with Crippen molar-refractivity contribution in [3.05, 3.63) is 59.7 Å². The van der Waals surface area contributed by atoms with Crippen molar-refractivity contribution in [1.29, 1.82) is 0 Å². The number of phenolic OH excluding ortho intramolecular Hbond substituents is 1. The summed E-state index contributed by atoms with van der Waals surface area (Å²) in [6, 6.07) is 17.2. The van der Waals surface area contributed by atoms with Gasteiger partial charge in [-0.1, -0.05) is 30.3 Å². The molecule has 0 atom stereocenters. The first-order chi connectivity index (χ1) is 11.8. The Labute approximate surface area is 144 Å². The molecular weight excluding hydrogens is 296 g/mol. The van der Waals surface area contributed by atoms with Gasteiger partial charge in [-0.3, -0.25) is 0 Å². The fraction of sp³-hybridized carbons (Fsp3) is 0.429. The van der Waals surface area contributed by atoms with Gasteiger partial charge in [0.15, 0.2) is 0 Å². The lowest BCUT2D eigenvalue weighted by Crippen LogP contribution is -2.44. The zero-order valence-corrected chi connectivity index (χ0v) is 14.2. The second-order valence-electron chi connectivity index (χ2n) is 7.06.